The molecule has 8 nitrogen and oxygen atoms in total. The molecule has 7 rings (SSSR count). The highest BCUT2D eigenvalue weighted by molar-refractivity contribution is 14.1. The number of halogens is 1. The molecule has 3 aliphatic heterocycles. The number of rotatable bonds is 9. The summed E-state index contributed by atoms with van der Waals surface area (Å²) in [4.78, 5) is 37.0. The van der Waals surface area contributed by atoms with E-state index in [4.69, 9.17) is 9.47 Å². The van der Waals surface area contributed by atoms with E-state index in [2.05, 4.69) is 53.4 Å². The Balaban J connectivity index is 0.979. The third kappa shape index (κ3) is 5.80. The van der Waals surface area contributed by atoms with Crippen molar-refractivity contribution in [2.24, 2.45) is 0 Å². The quantitative estimate of drug-likeness (QED) is 0.0469. The van der Waals surface area contributed by atoms with E-state index in [0.717, 1.165) is 56.8 Å². The van der Waals surface area contributed by atoms with Gasteiger partial charge >= 0.3 is 6.09 Å². The summed E-state index contributed by atoms with van der Waals surface area (Å²) in [6.45, 7) is 0. The lowest BCUT2D eigenvalue weighted by Crippen LogP contribution is -2.65. The Labute approximate surface area is 282 Å². The molecule has 2 N–H and O–H groups in total. The number of fused-ring (bicyclic) bond motifs is 6. The fourth-order valence-corrected chi connectivity index (χ4v) is 8.70. The smallest absolute Gasteiger partial charge is 0.411 e. The van der Waals surface area contributed by atoms with Crippen LogP contribution in [0.15, 0.2) is 84.9 Å². The molecule has 0 spiro atoms. The van der Waals surface area contributed by atoms with Crippen molar-refractivity contribution in [3.63, 3.8) is 0 Å². The van der Waals surface area contributed by atoms with Crippen LogP contribution in [0.25, 0.3) is 21.9 Å². The van der Waals surface area contributed by atoms with Gasteiger partial charge in [0.1, 0.15) is 24.5 Å². The van der Waals surface area contributed by atoms with Gasteiger partial charge in [0, 0.05) is 29.7 Å². The number of hydrogen-bond acceptors (Lipinski definition) is 5. The summed E-state index contributed by atoms with van der Waals surface area (Å²) < 4.78 is 12.8. The zero-order chi connectivity index (χ0) is 32.1. The van der Waals surface area contributed by atoms with Crippen LogP contribution in [0.1, 0.15) is 41.6 Å². The van der Waals surface area contributed by atoms with Gasteiger partial charge in [0.25, 0.3) is 0 Å². The highest BCUT2D eigenvalue weighted by Gasteiger charge is 2.78. The number of nitrogens with one attached hydrogen (secondary N) is 2. The molecule has 3 aliphatic rings. The van der Waals surface area contributed by atoms with E-state index in [1.165, 1.54) is 0 Å². The van der Waals surface area contributed by atoms with E-state index in [1.807, 2.05) is 72.8 Å². The van der Waals surface area contributed by atoms with Gasteiger partial charge in [0.2, 0.25) is 5.91 Å². The van der Waals surface area contributed by atoms with E-state index in [1.54, 1.807) is 6.07 Å². The molecule has 3 fully saturated rings. The molecule has 0 aromatic heterocycles. The number of carbonyl (C=O) groups excluding carboxylic acids is 3. The Hall–Kier alpha value is -3.80. The molecule has 4 aromatic rings. The van der Waals surface area contributed by atoms with Crippen LogP contribution in [0.2, 0.25) is 0 Å². The van der Waals surface area contributed by atoms with Crippen molar-refractivity contribution < 1.29 is 28.3 Å². The number of quaternary nitrogens is 1. The molecule has 4 aromatic carbocycles. The van der Waals surface area contributed by atoms with Crippen LogP contribution >= 0.6 is 22.6 Å². The summed E-state index contributed by atoms with van der Waals surface area (Å²) >= 11 is 2.53. The van der Waals surface area contributed by atoms with Gasteiger partial charge in [-0.25, -0.2) is 4.79 Å². The van der Waals surface area contributed by atoms with Crippen molar-refractivity contribution in [1.29, 1.82) is 0 Å². The summed E-state index contributed by atoms with van der Waals surface area (Å²) in [5.74, 6) is -0.0522. The van der Waals surface area contributed by atoms with Crippen LogP contribution in [-0.4, -0.2) is 64.8 Å². The lowest BCUT2D eigenvalue weighted by Gasteiger charge is -2.50. The minimum Gasteiger partial charge on any atom is -0.445 e. The summed E-state index contributed by atoms with van der Waals surface area (Å²) in [6.07, 6.45) is 4.07. The van der Waals surface area contributed by atoms with Crippen molar-refractivity contribution in [2.75, 3.05) is 24.7 Å². The van der Waals surface area contributed by atoms with Crippen molar-refractivity contribution in [3.8, 4) is 11.1 Å². The first-order valence-electron chi connectivity index (χ1n) is 15.8. The second-order valence-electron chi connectivity index (χ2n) is 13.1. The molecular formula is C37H37IN3O5+. The first-order chi connectivity index (χ1) is 22.1. The fraction of sp³-hybridized carbons (Fsp3) is 0.324. The number of amides is 2. The molecule has 0 saturated carbocycles. The number of epoxide rings is 1. The van der Waals surface area contributed by atoms with Gasteiger partial charge in [-0.2, -0.15) is 0 Å². The van der Waals surface area contributed by atoms with E-state index in [-0.39, 0.29) is 27.8 Å². The largest absolute Gasteiger partial charge is 0.445 e. The van der Waals surface area contributed by atoms with Gasteiger partial charge in [-0.1, -0.05) is 54.6 Å². The summed E-state index contributed by atoms with van der Waals surface area (Å²) in [7, 11) is 4.53. The molecule has 2 bridgehead atoms. The predicted octanol–water partition coefficient (Wildman–Crippen LogP) is 7.35. The van der Waals surface area contributed by atoms with E-state index < -0.39 is 6.09 Å². The molecule has 46 heavy (non-hydrogen) atoms. The SMILES string of the molecule is C[N+]1(C)[C@H]2C[C@H](OC(=O)Nc3ccc(CCCC(=O)Nc4ccc5cc(C=O)ccc5c4)cc3-c3ccccc3)C[C@@]1(I)[C@@H]1O[C@H]12. The normalized spacial score (nSPS) is 25.4. The maximum absolute atomic E-state index is 13.2. The number of morpholine rings is 1. The standard InChI is InChI=1S/C37H36IN3O5/c1-41(2)32-20-29(21-37(41,38)35-34(32)46-35)45-36(44)40-31-16-12-23(18-30(31)25-8-4-3-5-9-25)7-6-10-33(43)39-28-15-14-26-17-24(22-42)11-13-27(26)19-28/h3-5,8-9,11-19,22,29,32,34-35H,6-7,10,20-21H2,1-2H3,(H-,39,40,42,43,44)/p+1/t29-,32-,34-,35+,37-/m0/s1. The third-order valence-corrected chi connectivity index (χ3v) is 12.3. The monoisotopic (exact) mass is 730 g/mol. The Morgan fingerprint density at radius 3 is 2.57 bits per heavy atom. The molecule has 0 aliphatic carbocycles. The van der Waals surface area contributed by atoms with Gasteiger partial charge < -0.3 is 19.3 Å². The first-order valence-corrected chi connectivity index (χ1v) is 16.9. The minimum atomic E-state index is -0.439. The highest BCUT2D eigenvalue weighted by Crippen LogP contribution is 2.61. The van der Waals surface area contributed by atoms with Crippen molar-refractivity contribution in [1.82, 2.24) is 0 Å². The fourth-order valence-electron chi connectivity index (χ4n) is 7.35. The van der Waals surface area contributed by atoms with Crippen LogP contribution in [0.3, 0.4) is 0 Å². The number of piperidine rings is 1. The van der Waals surface area contributed by atoms with Crippen molar-refractivity contribution in [3.05, 3.63) is 96.1 Å². The van der Waals surface area contributed by atoms with E-state index in [0.29, 0.717) is 36.6 Å². The third-order valence-electron chi connectivity index (χ3n) is 9.98. The van der Waals surface area contributed by atoms with Gasteiger partial charge in [0.15, 0.2) is 9.65 Å². The number of alkyl halides is 1. The number of hydrogen-bond donors (Lipinski definition) is 2. The second kappa shape index (κ2) is 12.1. The van der Waals surface area contributed by atoms with Crippen molar-refractivity contribution in [2.45, 2.75) is 60.0 Å². The maximum atomic E-state index is 13.2. The topological polar surface area (TPSA) is 97.0 Å². The number of aldehydes is 1. The number of aryl methyl sites for hydroxylation is 1. The Bertz CT molecular complexity index is 1830. The number of ether oxygens (including phenoxy) is 2. The maximum Gasteiger partial charge on any atom is 0.411 e. The Kier molecular flexibility index (Phi) is 8.11. The first kappa shape index (κ1) is 30.8. The summed E-state index contributed by atoms with van der Waals surface area (Å²) in [5, 5.41) is 7.93. The average molecular weight is 731 g/mol. The number of anilines is 2. The van der Waals surface area contributed by atoms with Gasteiger partial charge in [-0.05, 0) is 87.7 Å². The molecule has 5 atom stereocenters. The number of nitrogens with zero attached hydrogens (tertiary/aromatic N) is 1. The molecule has 0 radical (unpaired) electrons. The van der Waals surface area contributed by atoms with E-state index in [9.17, 15) is 14.4 Å². The van der Waals surface area contributed by atoms with E-state index >= 15 is 0 Å². The van der Waals surface area contributed by atoms with Gasteiger partial charge in [0.05, 0.1) is 26.2 Å². The Morgan fingerprint density at radius 2 is 1.78 bits per heavy atom. The summed E-state index contributed by atoms with van der Waals surface area (Å²) in [5.41, 5.74) is 5.03. The summed E-state index contributed by atoms with van der Waals surface area (Å²) in [6, 6.07) is 27.5. The molecule has 3 heterocycles. The zero-order valence-corrected chi connectivity index (χ0v) is 28.0. The van der Waals surface area contributed by atoms with Gasteiger partial charge in [-0.3, -0.25) is 14.9 Å². The number of likely N-dealkylation sites (N-methyl/N-ethyl adjacent to an activating group) is 1. The van der Waals surface area contributed by atoms with Crippen LogP contribution in [0, 0.1) is 0 Å². The van der Waals surface area contributed by atoms with Crippen LogP contribution in [0.5, 0.6) is 0 Å². The lowest BCUT2D eigenvalue weighted by atomic mass is 9.96. The zero-order valence-electron chi connectivity index (χ0n) is 25.9. The van der Waals surface area contributed by atoms with Crippen LogP contribution in [0.4, 0.5) is 16.2 Å². The molecular weight excluding hydrogens is 693 g/mol. The second-order valence-corrected chi connectivity index (χ2v) is 15.0. The molecule has 0 unspecified atom stereocenters. The number of carbonyl (C=O) groups is 3. The molecule has 2 amide bonds. The number of benzene rings is 4. The van der Waals surface area contributed by atoms with Crippen molar-refractivity contribution >= 4 is 63.0 Å². The Morgan fingerprint density at radius 1 is 1.00 bits per heavy atom. The molecule has 9 heteroatoms. The average Bonchev–Trinajstić information content (AvgIpc) is 3.83. The highest BCUT2D eigenvalue weighted by atomic mass is 127. The predicted molar refractivity (Wildman–Crippen MR) is 187 cm³/mol. The van der Waals surface area contributed by atoms with Gasteiger partial charge in [-0.15, -0.1) is 0 Å². The minimum absolute atomic E-state index is 0.0522. The van der Waals surface area contributed by atoms with Crippen LogP contribution in [-0.2, 0) is 20.7 Å². The molecule has 3 saturated heterocycles. The van der Waals surface area contributed by atoms with Crippen LogP contribution < -0.4 is 10.6 Å². The lowest BCUT2D eigenvalue weighted by molar-refractivity contribution is -0.943. The molecule has 236 valence electrons.